The molecule has 1 amide bonds. The summed E-state index contributed by atoms with van der Waals surface area (Å²) in [5.41, 5.74) is 3.47. The molecule has 2 aromatic heterocycles. The zero-order valence-corrected chi connectivity index (χ0v) is 12.5. The van der Waals surface area contributed by atoms with Gasteiger partial charge in [-0.1, -0.05) is 6.07 Å². The highest BCUT2D eigenvalue weighted by Crippen LogP contribution is 2.17. The smallest absolute Gasteiger partial charge is 0.261 e. The summed E-state index contributed by atoms with van der Waals surface area (Å²) < 4.78 is 15.2. The van der Waals surface area contributed by atoms with E-state index in [4.69, 9.17) is 0 Å². The molecule has 0 atom stereocenters. The Morgan fingerprint density at radius 1 is 1.23 bits per heavy atom. The van der Waals surface area contributed by atoms with E-state index >= 15 is 0 Å². The van der Waals surface area contributed by atoms with Crippen LogP contribution in [-0.2, 0) is 0 Å². The van der Waals surface area contributed by atoms with Crippen LogP contribution in [-0.4, -0.2) is 20.5 Å². The Balaban J connectivity index is 1.97. The van der Waals surface area contributed by atoms with Gasteiger partial charge in [-0.2, -0.15) is 5.10 Å². The van der Waals surface area contributed by atoms with E-state index in [0.717, 1.165) is 11.4 Å². The van der Waals surface area contributed by atoms with Crippen LogP contribution in [0, 0.1) is 26.6 Å². The Bertz CT molecular complexity index is 885. The van der Waals surface area contributed by atoms with E-state index in [1.807, 2.05) is 19.9 Å². The Labute approximate surface area is 126 Å². The molecule has 0 aliphatic rings. The van der Waals surface area contributed by atoms with Gasteiger partial charge in [-0.25, -0.2) is 13.9 Å². The fraction of sp³-hybridized carbons (Fsp3) is 0.188. The highest BCUT2D eigenvalue weighted by Gasteiger charge is 2.16. The second kappa shape index (κ2) is 5.22. The Morgan fingerprint density at radius 3 is 2.73 bits per heavy atom. The molecule has 0 aliphatic carbocycles. The minimum atomic E-state index is -0.365. The molecule has 1 aromatic carbocycles. The Morgan fingerprint density at radius 2 is 2.00 bits per heavy atom. The molecule has 0 spiro atoms. The standard InChI is InChI=1S/C16H15FN4O/c1-9-4-5-12(7-14(9)17)20-16(22)13-8-18-21-11(3)6-10(2)19-15(13)21/h4-8H,1-3H3,(H,20,22). The molecule has 1 N–H and O–H groups in total. The van der Waals surface area contributed by atoms with Crippen LogP contribution in [0.2, 0.25) is 0 Å². The molecule has 0 fully saturated rings. The van der Waals surface area contributed by atoms with Gasteiger partial charge in [0, 0.05) is 17.1 Å². The maximum Gasteiger partial charge on any atom is 0.261 e. The van der Waals surface area contributed by atoms with Crippen molar-refractivity contribution in [3.8, 4) is 0 Å². The predicted molar refractivity (Wildman–Crippen MR) is 81.6 cm³/mol. The summed E-state index contributed by atoms with van der Waals surface area (Å²) in [7, 11) is 0. The molecule has 0 saturated heterocycles. The molecule has 0 radical (unpaired) electrons. The number of hydrogen-bond donors (Lipinski definition) is 1. The first kappa shape index (κ1) is 14.2. The summed E-state index contributed by atoms with van der Waals surface area (Å²) in [6.07, 6.45) is 1.47. The maximum atomic E-state index is 13.6. The van der Waals surface area contributed by atoms with Crippen LogP contribution in [0.1, 0.15) is 27.3 Å². The third-order valence-electron chi connectivity index (χ3n) is 3.45. The third kappa shape index (κ3) is 2.43. The zero-order chi connectivity index (χ0) is 15.9. The summed E-state index contributed by atoms with van der Waals surface area (Å²) in [6.45, 7) is 5.42. The number of hydrogen-bond acceptors (Lipinski definition) is 3. The summed E-state index contributed by atoms with van der Waals surface area (Å²) in [4.78, 5) is 16.7. The molecule has 22 heavy (non-hydrogen) atoms. The topological polar surface area (TPSA) is 59.3 Å². The zero-order valence-electron chi connectivity index (χ0n) is 12.5. The van der Waals surface area contributed by atoms with Gasteiger partial charge in [0.05, 0.1) is 6.20 Å². The fourth-order valence-electron chi connectivity index (χ4n) is 2.30. The molecule has 2 heterocycles. The number of aromatic nitrogens is 3. The van der Waals surface area contributed by atoms with Crippen LogP contribution < -0.4 is 5.32 Å². The summed E-state index contributed by atoms with van der Waals surface area (Å²) in [6, 6.07) is 6.46. The van der Waals surface area contributed by atoms with Crippen molar-refractivity contribution in [1.82, 2.24) is 14.6 Å². The quantitative estimate of drug-likeness (QED) is 0.791. The van der Waals surface area contributed by atoms with E-state index in [0.29, 0.717) is 22.5 Å². The van der Waals surface area contributed by atoms with E-state index < -0.39 is 0 Å². The van der Waals surface area contributed by atoms with Crippen LogP contribution in [0.5, 0.6) is 0 Å². The lowest BCUT2D eigenvalue weighted by atomic mass is 10.2. The van der Waals surface area contributed by atoms with Gasteiger partial charge in [0.1, 0.15) is 11.4 Å². The number of benzene rings is 1. The van der Waals surface area contributed by atoms with Crippen molar-refractivity contribution < 1.29 is 9.18 Å². The molecule has 5 nitrogen and oxygen atoms in total. The van der Waals surface area contributed by atoms with E-state index in [1.165, 1.54) is 12.3 Å². The lowest BCUT2D eigenvalue weighted by Gasteiger charge is -2.06. The van der Waals surface area contributed by atoms with Crippen LogP contribution >= 0.6 is 0 Å². The molecule has 0 bridgehead atoms. The Hall–Kier alpha value is -2.76. The van der Waals surface area contributed by atoms with Gasteiger partial charge in [0.25, 0.3) is 5.91 Å². The molecular weight excluding hydrogens is 283 g/mol. The first-order chi connectivity index (χ1) is 10.5. The van der Waals surface area contributed by atoms with Gasteiger partial charge < -0.3 is 5.32 Å². The molecular formula is C16H15FN4O. The minimum absolute atomic E-state index is 0.354. The van der Waals surface area contributed by atoms with Crippen LogP contribution in [0.4, 0.5) is 10.1 Å². The van der Waals surface area contributed by atoms with Crippen molar-refractivity contribution >= 4 is 17.2 Å². The second-order valence-electron chi connectivity index (χ2n) is 5.25. The lowest BCUT2D eigenvalue weighted by Crippen LogP contribution is -2.12. The molecule has 112 valence electrons. The minimum Gasteiger partial charge on any atom is -0.322 e. The van der Waals surface area contributed by atoms with Gasteiger partial charge in [-0.05, 0) is 44.5 Å². The number of rotatable bonds is 2. The van der Waals surface area contributed by atoms with Gasteiger partial charge in [-0.15, -0.1) is 0 Å². The second-order valence-corrected chi connectivity index (χ2v) is 5.25. The van der Waals surface area contributed by atoms with Crippen LogP contribution in [0.15, 0.2) is 30.5 Å². The lowest BCUT2D eigenvalue weighted by molar-refractivity contribution is 0.102. The number of nitrogens with zero attached hydrogens (tertiary/aromatic N) is 3. The SMILES string of the molecule is Cc1cc(C)n2ncc(C(=O)Nc3ccc(C)c(F)c3)c2n1. The first-order valence-electron chi connectivity index (χ1n) is 6.85. The molecule has 3 aromatic rings. The molecule has 0 saturated carbocycles. The maximum absolute atomic E-state index is 13.6. The van der Waals surface area contributed by atoms with E-state index in [2.05, 4.69) is 15.4 Å². The van der Waals surface area contributed by atoms with E-state index in [1.54, 1.807) is 23.6 Å². The van der Waals surface area contributed by atoms with Crippen molar-refractivity contribution in [2.75, 3.05) is 5.32 Å². The molecule has 0 aliphatic heterocycles. The summed E-state index contributed by atoms with van der Waals surface area (Å²) in [5.74, 6) is -0.724. The number of carbonyl (C=O) groups excluding carboxylic acids is 1. The van der Waals surface area contributed by atoms with E-state index in [-0.39, 0.29) is 11.7 Å². The highest BCUT2D eigenvalue weighted by molar-refractivity contribution is 6.08. The summed E-state index contributed by atoms with van der Waals surface area (Å²) >= 11 is 0. The molecule has 6 heteroatoms. The van der Waals surface area contributed by atoms with Crippen molar-refractivity contribution in [1.29, 1.82) is 0 Å². The van der Waals surface area contributed by atoms with Crippen molar-refractivity contribution in [3.05, 3.63) is 58.8 Å². The van der Waals surface area contributed by atoms with Gasteiger partial charge in [0.2, 0.25) is 0 Å². The molecule has 0 unspecified atom stereocenters. The highest BCUT2D eigenvalue weighted by atomic mass is 19.1. The van der Waals surface area contributed by atoms with Crippen molar-refractivity contribution in [3.63, 3.8) is 0 Å². The number of fused-ring (bicyclic) bond motifs is 1. The van der Waals surface area contributed by atoms with E-state index in [9.17, 15) is 9.18 Å². The first-order valence-corrected chi connectivity index (χ1v) is 6.85. The predicted octanol–water partition coefficient (Wildman–Crippen LogP) is 3.05. The van der Waals surface area contributed by atoms with Gasteiger partial charge >= 0.3 is 0 Å². The average molecular weight is 298 g/mol. The Kier molecular flexibility index (Phi) is 3.36. The number of nitrogens with one attached hydrogen (secondary N) is 1. The number of anilines is 1. The van der Waals surface area contributed by atoms with Crippen LogP contribution in [0.25, 0.3) is 5.65 Å². The molecule has 3 rings (SSSR count). The van der Waals surface area contributed by atoms with Crippen molar-refractivity contribution in [2.45, 2.75) is 20.8 Å². The number of halogens is 1. The van der Waals surface area contributed by atoms with Gasteiger partial charge in [-0.3, -0.25) is 4.79 Å². The van der Waals surface area contributed by atoms with Gasteiger partial charge in [0.15, 0.2) is 5.65 Å². The number of carbonyl (C=O) groups is 1. The normalized spacial score (nSPS) is 10.9. The van der Waals surface area contributed by atoms with Crippen LogP contribution in [0.3, 0.4) is 0 Å². The largest absolute Gasteiger partial charge is 0.322 e. The number of aryl methyl sites for hydroxylation is 3. The fourth-order valence-corrected chi connectivity index (χ4v) is 2.30. The average Bonchev–Trinajstić information content (AvgIpc) is 2.87. The summed E-state index contributed by atoms with van der Waals surface area (Å²) in [5, 5.41) is 6.84. The monoisotopic (exact) mass is 298 g/mol. The van der Waals surface area contributed by atoms with Crippen molar-refractivity contribution in [2.24, 2.45) is 0 Å². The third-order valence-corrected chi connectivity index (χ3v) is 3.45. The number of amides is 1.